The standard InChI is InChI=1S/C10H21N3O3S/c1-8(2)5-12-10(11)13-6-9-7-17(14,15)4-3-16-9/h8-9H,3-7H2,1-2H3,(H3,11,12,13). The van der Waals surface area contributed by atoms with Gasteiger partial charge < -0.3 is 15.8 Å². The van der Waals surface area contributed by atoms with Crippen molar-refractivity contribution in [3.8, 4) is 0 Å². The van der Waals surface area contributed by atoms with Gasteiger partial charge in [0.05, 0.1) is 24.2 Å². The fourth-order valence-electron chi connectivity index (χ4n) is 1.43. The second-order valence-corrected chi connectivity index (χ2v) is 6.84. The molecule has 0 aromatic heterocycles. The highest BCUT2D eigenvalue weighted by Gasteiger charge is 2.25. The van der Waals surface area contributed by atoms with E-state index in [1.165, 1.54) is 0 Å². The Morgan fingerprint density at radius 3 is 2.88 bits per heavy atom. The Morgan fingerprint density at radius 1 is 1.59 bits per heavy atom. The number of aliphatic imine (C=N–C) groups is 1. The van der Waals surface area contributed by atoms with Gasteiger partial charge in [0.2, 0.25) is 0 Å². The Bertz CT molecular complexity index is 365. The van der Waals surface area contributed by atoms with E-state index in [9.17, 15) is 8.42 Å². The van der Waals surface area contributed by atoms with Gasteiger partial charge in [-0.05, 0) is 5.92 Å². The average Bonchev–Trinajstić information content (AvgIpc) is 2.22. The molecule has 1 saturated heterocycles. The van der Waals surface area contributed by atoms with Crippen molar-refractivity contribution in [2.75, 3.05) is 31.2 Å². The van der Waals surface area contributed by atoms with Crippen molar-refractivity contribution in [2.45, 2.75) is 20.0 Å². The van der Waals surface area contributed by atoms with Crippen molar-refractivity contribution < 1.29 is 13.2 Å². The highest BCUT2D eigenvalue weighted by Crippen LogP contribution is 2.06. The predicted octanol–water partition coefficient (Wildman–Crippen LogP) is -0.640. The molecule has 1 atom stereocenters. The van der Waals surface area contributed by atoms with Crippen LogP contribution in [-0.2, 0) is 14.6 Å². The van der Waals surface area contributed by atoms with Crippen LogP contribution in [0.1, 0.15) is 13.8 Å². The molecule has 7 heteroatoms. The molecule has 0 radical (unpaired) electrons. The van der Waals surface area contributed by atoms with Gasteiger partial charge in [0.15, 0.2) is 15.8 Å². The van der Waals surface area contributed by atoms with Crippen LogP contribution in [-0.4, -0.2) is 51.7 Å². The first-order valence-electron chi connectivity index (χ1n) is 5.75. The molecular formula is C10H21N3O3S. The number of hydrogen-bond acceptors (Lipinski definition) is 4. The van der Waals surface area contributed by atoms with E-state index in [-0.39, 0.29) is 24.2 Å². The molecule has 1 aliphatic rings. The molecule has 0 aromatic carbocycles. The van der Waals surface area contributed by atoms with Crippen molar-refractivity contribution in [3.05, 3.63) is 0 Å². The Balaban J connectivity index is 2.33. The maximum atomic E-state index is 11.4. The molecule has 1 heterocycles. The highest BCUT2D eigenvalue weighted by atomic mass is 32.2. The Kier molecular flexibility index (Phi) is 5.20. The SMILES string of the molecule is CC(C)CN=C(N)NCC1CS(=O)(=O)CCO1. The number of ether oxygens (including phenoxy) is 1. The number of rotatable bonds is 4. The minimum absolute atomic E-state index is 0.0530. The maximum Gasteiger partial charge on any atom is 0.188 e. The van der Waals surface area contributed by atoms with Gasteiger partial charge in [-0.15, -0.1) is 0 Å². The summed E-state index contributed by atoms with van der Waals surface area (Å²) in [6.07, 6.45) is -0.332. The van der Waals surface area contributed by atoms with Crippen LogP contribution in [0.4, 0.5) is 0 Å². The third kappa shape index (κ3) is 5.88. The van der Waals surface area contributed by atoms with E-state index in [2.05, 4.69) is 10.3 Å². The monoisotopic (exact) mass is 263 g/mol. The molecule has 0 aliphatic carbocycles. The number of nitrogens with one attached hydrogen (secondary N) is 1. The van der Waals surface area contributed by atoms with Crippen molar-refractivity contribution in [2.24, 2.45) is 16.6 Å². The highest BCUT2D eigenvalue weighted by molar-refractivity contribution is 7.91. The van der Waals surface area contributed by atoms with Gasteiger partial charge >= 0.3 is 0 Å². The first-order valence-corrected chi connectivity index (χ1v) is 7.57. The van der Waals surface area contributed by atoms with Crippen LogP contribution in [0.15, 0.2) is 4.99 Å². The smallest absolute Gasteiger partial charge is 0.188 e. The van der Waals surface area contributed by atoms with Gasteiger partial charge in [-0.25, -0.2) is 8.42 Å². The third-order valence-electron chi connectivity index (χ3n) is 2.33. The van der Waals surface area contributed by atoms with Crippen LogP contribution in [0, 0.1) is 5.92 Å². The van der Waals surface area contributed by atoms with E-state index in [1.807, 2.05) is 13.8 Å². The van der Waals surface area contributed by atoms with Gasteiger partial charge in [0.1, 0.15) is 0 Å². The first kappa shape index (κ1) is 14.2. The molecule has 0 saturated carbocycles. The first-order chi connectivity index (χ1) is 7.89. The van der Waals surface area contributed by atoms with Crippen molar-refractivity contribution in [1.82, 2.24) is 5.32 Å². The largest absolute Gasteiger partial charge is 0.374 e. The van der Waals surface area contributed by atoms with Crippen molar-refractivity contribution >= 4 is 15.8 Å². The van der Waals surface area contributed by atoms with Crippen molar-refractivity contribution in [1.29, 1.82) is 0 Å². The van der Waals surface area contributed by atoms with Gasteiger partial charge in [0.25, 0.3) is 0 Å². The number of nitrogens with zero attached hydrogens (tertiary/aromatic N) is 1. The predicted molar refractivity (Wildman–Crippen MR) is 67.7 cm³/mol. The summed E-state index contributed by atoms with van der Waals surface area (Å²) < 4.78 is 28.0. The van der Waals surface area contributed by atoms with Crippen LogP contribution >= 0.6 is 0 Å². The minimum Gasteiger partial charge on any atom is -0.374 e. The fraction of sp³-hybridized carbons (Fsp3) is 0.900. The van der Waals surface area contributed by atoms with Crippen LogP contribution in [0.25, 0.3) is 0 Å². The zero-order valence-electron chi connectivity index (χ0n) is 10.3. The van der Waals surface area contributed by atoms with E-state index in [4.69, 9.17) is 10.5 Å². The molecule has 1 aliphatic heterocycles. The lowest BCUT2D eigenvalue weighted by atomic mass is 10.2. The zero-order valence-corrected chi connectivity index (χ0v) is 11.2. The summed E-state index contributed by atoms with van der Waals surface area (Å²) in [5.74, 6) is 0.949. The topological polar surface area (TPSA) is 93.8 Å². The molecule has 3 N–H and O–H groups in total. The van der Waals surface area contributed by atoms with Gasteiger partial charge in [-0.2, -0.15) is 0 Å². The summed E-state index contributed by atoms with van der Waals surface area (Å²) >= 11 is 0. The molecule has 17 heavy (non-hydrogen) atoms. The number of sulfone groups is 1. The Hall–Kier alpha value is -0.820. The molecule has 0 bridgehead atoms. The van der Waals surface area contributed by atoms with E-state index in [0.717, 1.165) is 0 Å². The molecule has 0 spiro atoms. The summed E-state index contributed by atoms with van der Waals surface area (Å²) in [7, 11) is -2.95. The molecule has 6 nitrogen and oxygen atoms in total. The quantitative estimate of drug-likeness (QED) is 0.520. The Labute approximate surface area is 103 Å². The minimum atomic E-state index is -2.95. The third-order valence-corrected chi connectivity index (χ3v) is 3.99. The van der Waals surface area contributed by atoms with E-state index in [0.29, 0.717) is 25.0 Å². The van der Waals surface area contributed by atoms with E-state index < -0.39 is 9.84 Å². The van der Waals surface area contributed by atoms with E-state index >= 15 is 0 Å². The van der Waals surface area contributed by atoms with Gasteiger partial charge in [-0.1, -0.05) is 13.8 Å². The Morgan fingerprint density at radius 2 is 2.29 bits per heavy atom. The average molecular weight is 263 g/mol. The lowest BCUT2D eigenvalue weighted by Crippen LogP contribution is -2.44. The molecule has 1 unspecified atom stereocenters. The number of hydrogen-bond donors (Lipinski definition) is 2. The normalized spacial score (nSPS) is 24.9. The molecule has 0 aromatic rings. The summed E-state index contributed by atoms with van der Waals surface area (Å²) in [6.45, 7) is 5.40. The van der Waals surface area contributed by atoms with E-state index in [1.54, 1.807) is 0 Å². The van der Waals surface area contributed by atoms with Crippen LogP contribution < -0.4 is 11.1 Å². The number of guanidine groups is 1. The van der Waals surface area contributed by atoms with Gasteiger partial charge in [-0.3, -0.25) is 4.99 Å². The fourth-order valence-corrected chi connectivity index (χ4v) is 2.73. The zero-order chi connectivity index (χ0) is 12.9. The molecular weight excluding hydrogens is 242 g/mol. The van der Waals surface area contributed by atoms with Crippen molar-refractivity contribution in [3.63, 3.8) is 0 Å². The summed E-state index contributed by atoms with van der Waals surface area (Å²) in [4.78, 5) is 4.12. The second-order valence-electron chi connectivity index (χ2n) is 4.61. The molecule has 0 amide bonds. The summed E-state index contributed by atoms with van der Waals surface area (Å²) in [6, 6.07) is 0. The lowest BCUT2D eigenvalue weighted by Gasteiger charge is -2.23. The van der Waals surface area contributed by atoms with Crippen LogP contribution in [0.3, 0.4) is 0 Å². The van der Waals surface area contributed by atoms with Crippen LogP contribution in [0.2, 0.25) is 0 Å². The maximum absolute atomic E-state index is 11.4. The van der Waals surface area contributed by atoms with Crippen LogP contribution in [0.5, 0.6) is 0 Å². The number of nitrogens with two attached hydrogens (primary N) is 1. The summed E-state index contributed by atoms with van der Waals surface area (Å²) in [5.41, 5.74) is 5.64. The molecule has 1 rings (SSSR count). The molecule has 1 fully saturated rings. The molecule has 100 valence electrons. The second kappa shape index (κ2) is 6.20. The summed E-state index contributed by atoms with van der Waals surface area (Å²) in [5, 5.41) is 2.88. The van der Waals surface area contributed by atoms with Gasteiger partial charge in [0, 0.05) is 13.1 Å². The lowest BCUT2D eigenvalue weighted by molar-refractivity contribution is 0.0748.